The Morgan fingerprint density at radius 2 is 1.47 bits per heavy atom. The lowest BCUT2D eigenvalue weighted by atomic mass is 9.36. The van der Waals surface area contributed by atoms with E-state index in [9.17, 15) is 19.2 Å². The number of hydrogen-bond donors (Lipinski definition) is 0. The van der Waals surface area contributed by atoms with E-state index >= 15 is 0 Å². The van der Waals surface area contributed by atoms with Crippen molar-refractivity contribution < 1.29 is 38.1 Å². The Labute approximate surface area is 268 Å². The summed E-state index contributed by atoms with van der Waals surface area (Å²) in [7, 11) is 1.55. The summed E-state index contributed by atoms with van der Waals surface area (Å²) < 4.78 is 23.2. The van der Waals surface area contributed by atoms with Crippen LogP contribution in [-0.4, -0.2) is 49.8 Å². The molecule has 0 aromatic heterocycles. The summed E-state index contributed by atoms with van der Waals surface area (Å²) >= 11 is 0. The number of carbonyl (C=O) groups excluding carboxylic acids is 4. The maximum Gasteiger partial charge on any atom is 0.312 e. The van der Waals surface area contributed by atoms with Crippen LogP contribution in [0, 0.1) is 55.7 Å². The minimum atomic E-state index is -0.755. The molecule has 0 N–H and O–H groups in total. The first-order valence-electron chi connectivity index (χ1n) is 17.1. The third-order valence-electron chi connectivity index (χ3n) is 14.7. The quantitative estimate of drug-likeness (QED) is 0.191. The van der Waals surface area contributed by atoms with Gasteiger partial charge in [-0.3, -0.25) is 19.2 Å². The predicted molar refractivity (Wildman–Crippen MR) is 166 cm³/mol. The molecule has 5 saturated carbocycles. The monoisotopic (exact) mass is 626 g/mol. The Morgan fingerprint density at radius 3 is 2.09 bits per heavy atom. The van der Waals surface area contributed by atoms with E-state index in [4.69, 9.17) is 18.9 Å². The van der Waals surface area contributed by atoms with Crippen LogP contribution >= 0.6 is 0 Å². The lowest BCUT2D eigenvalue weighted by molar-refractivity contribution is -0.249. The highest BCUT2D eigenvalue weighted by Crippen LogP contribution is 2.90. The molecule has 6 aliphatic carbocycles. The lowest BCUT2D eigenvalue weighted by Crippen LogP contribution is -2.68. The minimum Gasteiger partial charge on any atom is -0.469 e. The molecule has 0 bridgehead atoms. The van der Waals surface area contributed by atoms with Crippen LogP contribution in [0.3, 0.4) is 0 Å². The molecule has 11 atom stereocenters. The smallest absolute Gasteiger partial charge is 0.312 e. The highest BCUT2D eigenvalue weighted by Gasteiger charge is 2.84. The van der Waals surface area contributed by atoms with Crippen LogP contribution in [0.15, 0.2) is 12.2 Å². The molecule has 0 heterocycles. The maximum atomic E-state index is 13.6. The van der Waals surface area contributed by atoms with E-state index in [1.807, 2.05) is 6.92 Å². The second-order valence-electron chi connectivity index (χ2n) is 17.4. The van der Waals surface area contributed by atoms with Crippen LogP contribution in [0.4, 0.5) is 0 Å². The fourth-order valence-electron chi connectivity index (χ4n) is 12.9. The molecule has 0 unspecified atom stereocenters. The minimum absolute atomic E-state index is 0.0246. The van der Waals surface area contributed by atoms with Crippen molar-refractivity contribution >= 4 is 23.9 Å². The van der Waals surface area contributed by atoms with Crippen molar-refractivity contribution in [3.05, 3.63) is 12.2 Å². The number of esters is 4. The Balaban J connectivity index is 1.45. The Kier molecular flexibility index (Phi) is 7.28. The van der Waals surface area contributed by atoms with Crippen molar-refractivity contribution in [3.63, 3.8) is 0 Å². The molecule has 0 spiro atoms. The molecular weight excluding hydrogens is 572 g/mol. The van der Waals surface area contributed by atoms with Gasteiger partial charge in [-0.05, 0) is 103 Å². The Bertz CT molecular complexity index is 1340. The van der Waals surface area contributed by atoms with E-state index < -0.39 is 35.0 Å². The van der Waals surface area contributed by atoms with Crippen LogP contribution < -0.4 is 0 Å². The number of methoxy groups -OCH3 is 1. The molecule has 5 fully saturated rings. The van der Waals surface area contributed by atoms with Gasteiger partial charge in [-0.1, -0.05) is 46.8 Å². The van der Waals surface area contributed by atoms with Gasteiger partial charge in [0.05, 0.1) is 12.5 Å². The molecule has 8 heteroatoms. The number of fused-ring (bicyclic) bond motifs is 4. The van der Waals surface area contributed by atoms with Crippen molar-refractivity contribution in [1.82, 2.24) is 0 Å². The highest BCUT2D eigenvalue weighted by atomic mass is 16.6. The van der Waals surface area contributed by atoms with Crippen LogP contribution in [0.25, 0.3) is 0 Å². The molecule has 8 nitrogen and oxygen atoms in total. The van der Waals surface area contributed by atoms with E-state index in [1.165, 1.54) is 20.8 Å². The third kappa shape index (κ3) is 4.28. The normalized spacial score (nSPS) is 48.6. The van der Waals surface area contributed by atoms with E-state index in [0.29, 0.717) is 6.42 Å². The standard InChI is InChI=1S/C37H54O8/c1-22(38)43-21-33(7)26-10-12-34(8)27(32(26,6)18-25(44-23(2)39)29(33)45-24(3)40)11-13-36-20-37(34,36)17-16-35(30(41)42-9)15-14-31(4,5)19-28(35)36/h11,13,25-29H,10,12,14-21H2,1-9H3/t25-,26-,27-,28-,29-,32+,33-,34-,35+,36-,37-/m1/s1. The molecule has 0 amide bonds. The number of carbonyl (C=O) groups is 4. The maximum absolute atomic E-state index is 13.6. The SMILES string of the molecule is COC(=O)[C@]12CCC(C)(C)C[C@H]1[C@]13C=C[C@@H]4[C@@]5(C)C[C@@H](OC(C)=O)[C@@H](OC(C)=O)[C@](C)(COC(C)=O)[C@@H]5CC[C@@]4(C)[C@@]1(CC2)C3. The van der Waals surface area contributed by atoms with Gasteiger partial charge in [-0.2, -0.15) is 0 Å². The van der Waals surface area contributed by atoms with E-state index in [-0.39, 0.29) is 63.4 Å². The van der Waals surface area contributed by atoms with Gasteiger partial charge in [0.2, 0.25) is 0 Å². The highest BCUT2D eigenvalue weighted by molar-refractivity contribution is 5.78. The van der Waals surface area contributed by atoms with Gasteiger partial charge in [0.25, 0.3) is 0 Å². The summed E-state index contributed by atoms with van der Waals surface area (Å²) in [6.07, 6.45) is 11.9. The van der Waals surface area contributed by atoms with Gasteiger partial charge in [0.15, 0.2) is 0 Å². The van der Waals surface area contributed by atoms with Crippen molar-refractivity contribution in [2.24, 2.45) is 55.7 Å². The molecule has 6 aliphatic rings. The van der Waals surface area contributed by atoms with E-state index in [0.717, 1.165) is 51.4 Å². The van der Waals surface area contributed by atoms with E-state index in [2.05, 4.69) is 39.8 Å². The largest absolute Gasteiger partial charge is 0.469 e. The van der Waals surface area contributed by atoms with Gasteiger partial charge < -0.3 is 18.9 Å². The average Bonchev–Trinajstić information content (AvgIpc) is 3.65. The predicted octanol–water partition coefficient (Wildman–Crippen LogP) is 6.59. The topological polar surface area (TPSA) is 105 Å². The Morgan fingerprint density at radius 1 is 0.800 bits per heavy atom. The molecule has 0 aromatic carbocycles. The van der Waals surface area contributed by atoms with Crippen molar-refractivity contribution in [2.75, 3.05) is 13.7 Å². The van der Waals surface area contributed by atoms with Crippen molar-refractivity contribution in [3.8, 4) is 0 Å². The fraction of sp³-hybridized carbons (Fsp3) is 0.838. The molecule has 0 saturated heterocycles. The number of rotatable bonds is 5. The lowest BCUT2D eigenvalue weighted by Gasteiger charge is -2.69. The van der Waals surface area contributed by atoms with Gasteiger partial charge in [-0.15, -0.1) is 0 Å². The third-order valence-corrected chi connectivity index (χ3v) is 14.7. The zero-order chi connectivity index (χ0) is 33.0. The summed E-state index contributed by atoms with van der Waals surface area (Å²) in [6.45, 7) is 15.8. The summed E-state index contributed by atoms with van der Waals surface area (Å²) in [5.74, 6) is -0.799. The molecule has 0 aromatic rings. The summed E-state index contributed by atoms with van der Waals surface area (Å²) in [5.41, 5.74) is -1.31. The van der Waals surface area contributed by atoms with Gasteiger partial charge >= 0.3 is 23.9 Å². The first-order valence-corrected chi connectivity index (χ1v) is 17.1. The van der Waals surface area contributed by atoms with Crippen LogP contribution in [0.2, 0.25) is 0 Å². The molecular formula is C37H54O8. The second kappa shape index (κ2) is 10.1. The van der Waals surface area contributed by atoms with Crippen molar-refractivity contribution in [1.29, 1.82) is 0 Å². The molecule has 6 rings (SSSR count). The molecule has 0 radical (unpaired) electrons. The van der Waals surface area contributed by atoms with E-state index in [1.54, 1.807) is 7.11 Å². The molecule has 0 aliphatic heterocycles. The van der Waals surface area contributed by atoms with Gasteiger partial charge in [-0.25, -0.2) is 0 Å². The van der Waals surface area contributed by atoms with Gasteiger partial charge in [0.1, 0.15) is 18.8 Å². The number of ether oxygens (including phenoxy) is 4. The number of allylic oxidation sites excluding steroid dienone is 2. The average molecular weight is 627 g/mol. The second-order valence-corrected chi connectivity index (χ2v) is 17.4. The van der Waals surface area contributed by atoms with Crippen LogP contribution in [0.1, 0.15) is 113 Å². The number of hydrogen-bond acceptors (Lipinski definition) is 8. The summed E-state index contributed by atoms with van der Waals surface area (Å²) in [4.78, 5) is 50.7. The fourth-order valence-corrected chi connectivity index (χ4v) is 12.9. The van der Waals surface area contributed by atoms with Crippen LogP contribution in [-0.2, 0) is 38.1 Å². The zero-order valence-electron chi connectivity index (χ0n) is 28.9. The Hall–Kier alpha value is -2.38. The zero-order valence-corrected chi connectivity index (χ0v) is 28.9. The first kappa shape index (κ1) is 32.6. The molecule has 45 heavy (non-hydrogen) atoms. The van der Waals surface area contributed by atoms with Crippen molar-refractivity contribution in [2.45, 2.75) is 125 Å². The molecule has 250 valence electrons. The summed E-state index contributed by atoms with van der Waals surface area (Å²) in [5, 5.41) is 0. The van der Waals surface area contributed by atoms with Crippen LogP contribution in [0.5, 0.6) is 0 Å². The first-order chi connectivity index (χ1) is 20.9. The van der Waals surface area contributed by atoms with Gasteiger partial charge in [0, 0.05) is 26.2 Å². The summed E-state index contributed by atoms with van der Waals surface area (Å²) in [6, 6.07) is 0.